The van der Waals surface area contributed by atoms with Crippen molar-refractivity contribution >= 4 is 17.5 Å². The van der Waals surface area contributed by atoms with Gasteiger partial charge in [0, 0.05) is 18.1 Å². The van der Waals surface area contributed by atoms with Crippen LogP contribution in [0.1, 0.15) is 11.1 Å². The minimum absolute atomic E-state index is 0.0278. The monoisotopic (exact) mass is 360 g/mol. The number of hydrogen-bond acceptors (Lipinski definition) is 4. The Labute approximate surface area is 152 Å². The van der Waals surface area contributed by atoms with Crippen LogP contribution in [0, 0.1) is 0 Å². The van der Waals surface area contributed by atoms with Gasteiger partial charge < -0.3 is 14.8 Å². The predicted octanol–water partition coefficient (Wildman–Crippen LogP) is 2.86. The Morgan fingerprint density at radius 3 is 2.72 bits per heavy atom. The molecule has 0 aromatic heterocycles. The van der Waals surface area contributed by atoms with Gasteiger partial charge in [-0.2, -0.15) is 0 Å². The molecular weight excluding hydrogens is 340 g/mol. The Morgan fingerprint density at radius 2 is 1.92 bits per heavy atom. The Balaban J connectivity index is 1.48. The molecule has 0 atom stereocenters. The molecular formula is C19H21ClN2O3. The van der Waals surface area contributed by atoms with Crippen LogP contribution >= 0.6 is 11.6 Å². The number of hydrogen-bond donors (Lipinski definition) is 1. The molecule has 1 aliphatic rings. The van der Waals surface area contributed by atoms with Crippen molar-refractivity contribution in [3.05, 3.63) is 58.6 Å². The lowest BCUT2D eigenvalue weighted by Crippen LogP contribution is -2.34. The first-order chi connectivity index (χ1) is 12.1. The maximum Gasteiger partial charge on any atom is 0.234 e. The number of carbonyl (C=O) groups is 1. The van der Waals surface area contributed by atoms with Gasteiger partial charge in [-0.3, -0.25) is 9.69 Å². The molecule has 0 bridgehead atoms. The van der Waals surface area contributed by atoms with Crippen molar-refractivity contribution in [3.63, 3.8) is 0 Å². The van der Waals surface area contributed by atoms with Crippen LogP contribution in [0.25, 0.3) is 0 Å². The van der Waals surface area contributed by atoms with Gasteiger partial charge in [0.15, 0.2) is 11.5 Å². The first-order valence-electron chi connectivity index (χ1n) is 8.18. The summed E-state index contributed by atoms with van der Waals surface area (Å²) in [6.45, 7) is 2.59. The molecule has 1 amide bonds. The molecule has 0 spiro atoms. The van der Waals surface area contributed by atoms with E-state index in [4.69, 9.17) is 21.1 Å². The molecule has 0 saturated heterocycles. The van der Waals surface area contributed by atoms with E-state index < -0.39 is 0 Å². The molecule has 3 rings (SSSR count). The molecule has 0 unspecified atom stereocenters. The van der Waals surface area contributed by atoms with E-state index >= 15 is 0 Å². The second kappa shape index (κ2) is 8.23. The molecule has 2 aromatic rings. The summed E-state index contributed by atoms with van der Waals surface area (Å²) < 4.78 is 11.1. The lowest BCUT2D eigenvalue weighted by molar-refractivity contribution is -0.122. The normalized spacial score (nSPS) is 12.9. The van der Waals surface area contributed by atoms with Crippen molar-refractivity contribution < 1.29 is 14.3 Å². The van der Waals surface area contributed by atoms with Gasteiger partial charge >= 0.3 is 0 Å². The number of benzene rings is 2. The number of rotatable bonds is 6. The highest BCUT2D eigenvalue weighted by Gasteiger charge is 2.13. The third-order valence-corrected chi connectivity index (χ3v) is 4.09. The van der Waals surface area contributed by atoms with Crippen molar-refractivity contribution in [2.24, 2.45) is 0 Å². The van der Waals surface area contributed by atoms with Crippen molar-refractivity contribution in [1.82, 2.24) is 10.2 Å². The van der Waals surface area contributed by atoms with E-state index in [-0.39, 0.29) is 5.91 Å². The molecule has 25 heavy (non-hydrogen) atoms. The third kappa shape index (κ3) is 5.11. The van der Waals surface area contributed by atoms with Gasteiger partial charge in [0.05, 0.1) is 6.54 Å². The summed E-state index contributed by atoms with van der Waals surface area (Å²) in [5, 5.41) is 3.58. The fourth-order valence-corrected chi connectivity index (χ4v) is 2.92. The minimum Gasteiger partial charge on any atom is -0.486 e. The lowest BCUT2D eigenvalue weighted by atomic mass is 10.2. The van der Waals surface area contributed by atoms with E-state index in [1.54, 1.807) is 0 Å². The lowest BCUT2D eigenvalue weighted by Gasteiger charge is -2.21. The van der Waals surface area contributed by atoms with Crippen molar-refractivity contribution in [2.75, 3.05) is 26.8 Å². The number of carbonyl (C=O) groups excluding carboxylic acids is 1. The second-order valence-corrected chi connectivity index (χ2v) is 6.49. The van der Waals surface area contributed by atoms with E-state index in [1.807, 2.05) is 54.4 Å². The number of halogens is 1. The van der Waals surface area contributed by atoms with Crippen LogP contribution in [-0.2, 0) is 17.9 Å². The number of fused-ring (bicyclic) bond motifs is 1. The third-order valence-electron chi connectivity index (χ3n) is 3.85. The molecule has 0 fully saturated rings. The Morgan fingerprint density at radius 1 is 1.12 bits per heavy atom. The molecule has 1 aliphatic heterocycles. The van der Waals surface area contributed by atoms with Crippen molar-refractivity contribution in [2.45, 2.75) is 13.1 Å². The summed E-state index contributed by atoms with van der Waals surface area (Å²) in [4.78, 5) is 14.1. The van der Waals surface area contributed by atoms with E-state index in [2.05, 4.69) is 5.32 Å². The van der Waals surface area contributed by atoms with Crippen LogP contribution in [0.15, 0.2) is 42.5 Å². The Hall–Kier alpha value is -2.24. The summed E-state index contributed by atoms with van der Waals surface area (Å²) >= 11 is 5.95. The Bertz CT molecular complexity index is 751. The zero-order valence-corrected chi connectivity index (χ0v) is 14.9. The number of amides is 1. The average Bonchev–Trinajstić information content (AvgIpc) is 2.60. The van der Waals surface area contributed by atoms with Crippen LogP contribution in [0.5, 0.6) is 11.5 Å². The van der Waals surface area contributed by atoms with E-state index in [0.717, 1.165) is 22.6 Å². The quantitative estimate of drug-likeness (QED) is 0.860. The summed E-state index contributed by atoms with van der Waals surface area (Å²) in [5.41, 5.74) is 2.06. The fourth-order valence-electron chi connectivity index (χ4n) is 2.70. The van der Waals surface area contributed by atoms with Gasteiger partial charge in [-0.15, -0.1) is 0 Å². The SMILES string of the molecule is CN(CC(=O)NCc1cccc(Cl)c1)Cc1ccc2c(c1)OCCO2. The number of likely N-dealkylation sites (N-methyl/N-ethyl adjacent to an activating group) is 1. The zero-order valence-electron chi connectivity index (χ0n) is 14.1. The van der Waals surface area contributed by atoms with E-state index in [9.17, 15) is 4.79 Å². The topological polar surface area (TPSA) is 50.8 Å². The van der Waals surface area contributed by atoms with Gasteiger partial charge in [-0.1, -0.05) is 29.8 Å². The number of nitrogens with zero attached hydrogens (tertiary/aromatic N) is 1. The van der Waals surface area contributed by atoms with Crippen molar-refractivity contribution in [1.29, 1.82) is 0 Å². The zero-order chi connectivity index (χ0) is 17.6. The first-order valence-corrected chi connectivity index (χ1v) is 8.56. The van der Waals surface area contributed by atoms with Gasteiger partial charge in [0.2, 0.25) is 5.91 Å². The molecule has 132 valence electrons. The highest BCUT2D eigenvalue weighted by Crippen LogP contribution is 2.30. The maximum atomic E-state index is 12.1. The molecule has 0 saturated carbocycles. The van der Waals surface area contributed by atoms with Gasteiger partial charge in [-0.25, -0.2) is 0 Å². The second-order valence-electron chi connectivity index (χ2n) is 6.06. The Kier molecular flexibility index (Phi) is 5.79. The largest absolute Gasteiger partial charge is 0.486 e. The molecule has 5 nitrogen and oxygen atoms in total. The fraction of sp³-hybridized carbons (Fsp3) is 0.316. The van der Waals surface area contributed by atoms with Crippen LogP contribution in [0.2, 0.25) is 5.02 Å². The molecule has 2 aromatic carbocycles. The maximum absolute atomic E-state index is 12.1. The van der Waals surface area contributed by atoms with E-state index in [1.165, 1.54) is 0 Å². The molecule has 1 N–H and O–H groups in total. The first kappa shape index (κ1) is 17.6. The summed E-state index contributed by atoms with van der Waals surface area (Å²) in [6.07, 6.45) is 0. The van der Waals surface area contributed by atoms with Crippen LogP contribution < -0.4 is 14.8 Å². The standard InChI is InChI=1S/C19H21ClN2O3/c1-22(12-15-5-6-17-18(10-15)25-8-7-24-17)13-19(23)21-11-14-3-2-4-16(20)9-14/h2-6,9-10H,7-8,11-13H2,1H3,(H,21,23). The highest BCUT2D eigenvalue weighted by atomic mass is 35.5. The van der Waals surface area contributed by atoms with Gasteiger partial charge in [0.1, 0.15) is 13.2 Å². The molecule has 1 heterocycles. The average molecular weight is 361 g/mol. The highest BCUT2D eigenvalue weighted by molar-refractivity contribution is 6.30. The molecule has 0 radical (unpaired) electrons. The summed E-state index contributed by atoms with van der Waals surface area (Å²) in [5.74, 6) is 1.51. The van der Waals surface area contributed by atoms with E-state index in [0.29, 0.717) is 37.9 Å². The summed E-state index contributed by atoms with van der Waals surface area (Å²) in [7, 11) is 1.91. The van der Waals surface area contributed by atoms with Crippen LogP contribution in [0.4, 0.5) is 0 Å². The molecule has 6 heteroatoms. The molecule has 0 aliphatic carbocycles. The van der Waals surface area contributed by atoms with Crippen LogP contribution in [0.3, 0.4) is 0 Å². The number of nitrogens with one attached hydrogen (secondary N) is 1. The van der Waals surface area contributed by atoms with Gasteiger partial charge in [0.25, 0.3) is 0 Å². The van der Waals surface area contributed by atoms with Crippen LogP contribution in [-0.4, -0.2) is 37.6 Å². The summed E-state index contributed by atoms with van der Waals surface area (Å²) in [6, 6.07) is 13.3. The minimum atomic E-state index is -0.0278. The van der Waals surface area contributed by atoms with Gasteiger partial charge in [-0.05, 0) is 42.4 Å². The number of ether oxygens (including phenoxy) is 2. The van der Waals surface area contributed by atoms with Crippen molar-refractivity contribution in [3.8, 4) is 11.5 Å². The predicted molar refractivity (Wildman–Crippen MR) is 97.1 cm³/mol. The smallest absolute Gasteiger partial charge is 0.234 e.